The molecule has 1 aromatic carbocycles. The van der Waals surface area contributed by atoms with Crippen LogP contribution in [0.4, 0.5) is 0 Å². The average Bonchev–Trinajstić information content (AvgIpc) is 2.87. The second-order valence-electron chi connectivity index (χ2n) is 4.14. The van der Waals surface area contributed by atoms with Crippen molar-refractivity contribution in [3.05, 3.63) is 40.4 Å². The zero-order valence-electron chi connectivity index (χ0n) is 10.7. The highest BCUT2D eigenvalue weighted by Gasteiger charge is 2.13. The highest BCUT2D eigenvalue weighted by atomic mass is 35.5. The first-order chi connectivity index (χ1) is 9.87. The Morgan fingerprint density at radius 3 is 2.76 bits per heavy atom. The summed E-state index contributed by atoms with van der Waals surface area (Å²) in [6, 6.07) is 7.18. The zero-order chi connectivity index (χ0) is 15.5. The van der Waals surface area contributed by atoms with Crippen LogP contribution in [0.2, 0.25) is 5.02 Å². The Labute approximate surface area is 131 Å². The van der Waals surface area contributed by atoms with Crippen LogP contribution in [-0.4, -0.2) is 31.6 Å². The molecule has 6 nitrogen and oxygen atoms in total. The molecule has 0 atom stereocenters. The molecule has 0 saturated heterocycles. The Morgan fingerprint density at radius 2 is 2.10 bits per heavy atom. The molecule has 1 heterocycles. The molecule has 1 aromatic heterocycles. The molecule has 112 valence electrons. The summed E-state index contributed by atoms with van der Waals surface area (Å²) in [4.78, 5) is 16.0. The number of nitrogens with two attached hydrogens (primary N) is 1. The van der Waals surface area contributed by atoms with Gasteiger partial charge in [-0.3, -0.25) is 4.79 Å². The van der Waals surface area contributed by atoms with Gasteiger partial charge >= 0.3 is 0 Å². The summed E-state index contributed by atoms with van der Waals surface area (Å²) < 4.78 is 21.5. The number of nitrogens with zero attached hydrogens (tertiary/aromatic N) is 1. The number of hydrogen-bond acceptors (Lipinski definition) is 5. The molecule has 9 heteroatoms. The Hall–Kier alpha value is -1.48. The van der Waals surface area contributed by atoms with Crippen LogP contribution in [0.3, 0.4) is 0 Å². The van der Waals surface area contributed by atoms with Crippen LogP contribution in [0.5, 0.6) is 0 Å². The van der Waals surface area contributed by atoms with Gasteiger partial charge in [-0.05, 0) is 6.07 Å². The van der Waals surface area contributed by atoms with E-state index in [-0.39, 0.29) is 18.0 Å². The number of nitrogens with one attached hydrogen (secondary N) is 1. The maximum atomic E-state index is 11.8. The maximum Gasteiger partial charge on any atom is 0.270 e. The van der Waals surface area contributed by atoms with Crippen molar-refractivity contribution < 1.29 is 13.2 Å². The number of amides is 1. The molecule has 0 radical (unpaired) electrons. The molecular formula is C12H12ClN3O3S2. The number of aromatic nitrogens is 1. The maximum absolute atomic E-state index is 11.8. The molecule has 0 spiro atoms. The van der Waals surface area contributed by atoms with E-state index in [1.165, 1.54) is 11.3 Å². The van der Waals surface area contributed by atoms with Crippen molar-refractivity contribution >= 4 is 38.9 Å². The van der Waals surface area contributed by atoms with Crippen molar-refractivity contribution in [2.24, 2.45) is 5.14 Å². The fourth-order valence-electron chi connectivity index (χ4n) is 1.53. The van der Waals surface area contributed by atoms with Crippen molar-refractivity contribution in [2.45, 2.75) is 0 Å². The molecule has 0 fully saturated rings. The van der Waals surface area contributed by atoms with E-state index in [1.807, 2.05) is 12.1 Å². The van der Waals surface area contributed by atoms with E-state index < -0.39 is 15.9 Å². The number of carbonyl (C=O) groups is 1. The minimum atomic E-state index is -3.60. The quantitative estimate of drug-likeness (QED) is 0.856. The second kappa shape index (κ2) is 6.52. The standard InChI is InChI=1S/C12H12ClN3O3S2/c13-9-4-2-1-3-8(9)12-16-10(7-20-12)11(17)15-5-6-21(14,18)19/h1-4,7H,5-6H2,(H,15,17)(H2,14,18,19). The highest BCUT2D eigenvalue weighted by molar-refractivity contribution is 7.89. The van der Waals surface area contributed by atoms with E-state index in [9.17, 15) is 13.2 Å². The van der Waals surface area contributed by atoms with E-state index in [2.05, 4.69) is 10.3 Å². The second-order valence-corrected chi connectivity index (χ2v) is 7.14. The lowest BCUT2D eigenvalue weighted by Crippen LogP contribution is -2.31. The van der Waals surface area contributed by atoms with Gasteiger partial charge in [-0.15, -0.1) is 11.3 Å². The summed E-state index contributed by atoms with van der Waals surface area (Å²) in [5.41, 5.74) is 0.956. The van der Waals surface area contributed by atoms with Crippen LogP contribution in [-0.2, 0) is 10.0 Å². The molecule has 0 bridgehead atoms. The summed E-state index contributed by atoms with van der Waals surface area (Å²) in [5, 5.41) is 10.1. The fourth-order valence-corrected chi connectivity index (χ4v) is 3.04. The molecule has 0 unspecified atom stereocenters. The topological polar surface area (TPSA) is 102 Å². The van der Waals surface area contributed by atoms with Crippen molar-refractivity contribution in [1.82, 2.24) is 10.3 Å². The first-order valence-corrected chi connectivity index (χ1v) is 8.83. The summed E-state index contributed by atoms with van der Waals surface area (Å²) >= 11 is 7.35. The van der Waals surface area contributed by atoms with Crippen LogP contribution >= 0.6 is 22.9 Å². The Morgan fingerprint density at radius 1 is 1.38 bits per heavy atom. The number of thiazole rings is 1. The van der Waals surface area contributed by atoms with Gasteiger partial charge in [0.1, 0.15) is 10.7 Å². The predicted octanol–water partition coefficient (Wildman–Crippen LogP) is 1.48. The number of sulfonamides is 1. The first-order valence-electron chi connectivity index (χ1n) is 5.86. The molecule has 21 heavy (non-hydrogen) atoms. The molecule has 2 rings (SSSR count). The van der Waals surface area contributed by atoms with Crippen LogP contribution in [0.1, 0.15) is 10.5 Å². The lowest BCUT2D eigenvalue weighted by molar-refractivity contribution is 0.0952. The van der Waals surface area contributed by atoms with Crippen LogP contribution in [0, 0.1) is 0 Å². The van der Waals surface area contributed by atoms with E-state index in [4.69, 9.17) is 16.7 Å². The molecule has 0 aliphatic rings. The van der Waals surface area contributed by atoms with Gasteiger partial charge in [0.2, 0.25) is 10.0 Å². The lowest BCUT2D eigenvalue weighted by Gasteiger charge is -2.01. The van der Waals surface area contributed by atoms with Gasteiger partial charge in [0, 0.05) is 17.5 Å². The number of primary sulfonamides is 1. The third-order valence-electron chi connectivity index (χ3n) is 2.51. The van der Waals surface area contributed by atoms with Crippen molar-refractivity contribution in [2.75, 3.05) is 12.3 Å². The number of halogens is 1. The first kappa shape index (κ1) is 15.9. The van der Waals surface area contributed by atoms with E-state index in [1.54, 1.807) is 17.5 Å². The molecule has 0 saturated carbocycles. The summed E-state index contributed by atoms with van der Waals surface area (Å²) in [6.07, 6.45) is 0. The smallest absolute Gasteiger partial charge is 0.270 e. The number of benzene rings is 1. The summed E-state index contributed by atoms with van der Waals surface area (Å²) in [6.45, 7) is -0.0589. The Kier molecular flexibility index (Phi) is 4.94. The third kappa shape index (κ3) is 4.50. The lowest BCUT2D eigenvalue weighted by atomic mass is 10.2. The number of carbonyl (C=O) groups excluding carboxylic acids is 1. The van der Waals surface area contributed by atoms with Gasteiger partial charge in [0.15, 0.2) is 0 Å². The van der Waals surface area contributed by atoms with Crippen LogP contribution in [0.25, 0.3) is 10.6 Å². The van der Waals surface area contributed by atoms with Gasteiger partial charge in [0.05, 0.1) is 10.8 Å². The largest absolute Gasteiger partial charge is 0.350 e. The predicted molar refractivity (Wildman–Crippen MR) is 82.9 cm³/mol. The molecule has 2 aromatic rings. The Balaban J connectivity index is 2.06. The van der Waals surface area contributed by atoms with Crippen molar-refractivity contribution in [3.63, 3.8) is 0 Å². The summed E-state index contributed by atoms with van der Waals surface area (Å²) in [7, 11) is -3.60. The van der Waals surface area contributed by atoms with Crippen LogP contribution < -0.4 is 10.5 Å². The highest BCUT2D eigenvalue weighted by Crippen LogP contribution is 2.29. The molecular weight excluding hydrogens is 334 g/mol. The SMILES string of the molecule is NS(=O)(=O)CCNC(=O)c1csc(-c2ccccc2Cl)n1. The van der Waals surface area contributed by atoms with E-state index in [0.29, 0.717) is 10.0 Å². The van der Waals surface area contributed by atoms with Crippen LogP contribution in [0.15, 0.2) is 29.6 Å². The van der Waals surface area contributed by atoms with Gasteiger partial charge in [-0.1, -0.05) is 29.8 Å². The number of hydrogen-bond donors (Lipinski definition) is 2. The average molecular weight is 346 g/mol. The van der Waals surface area contributed by atoms with Gasteiger partial charge in [0.25, 0.3) is 5.91 Å². The molecule has 1 amide bonds. The monoisotopic (exact) mass is 345 g/mol. The normalized spacial score (nSPS) is 11.3. The van der Waals surface area contributed by atoms with Gasteiger partial charge < -0.3 is 5.32 Å². The third-order valence-corrected chi connectivity index (χ3v) is 4.49. The van der Waals surface area contributed by atoms with E-state index >= 15 is 0 Å². The minimum Gasteiger partial charge on any atom is -0.350 e. The van der Waals surface area contributed by atoms with Gasteiger partial charge in [-0.25, -0.2) is 18.5 Å². The summed E-state index contributed by atoms with van der Waals surface area (Å²) in [5.74, 6) is -0.770. The molecule has 0 aliphatic heterocycles. The molecule has 3 N–H and O–H groups in total. The van der Waals surface area contributed by atoms with E-state index in [0.717, 1.165) is 5.56 Å². The fraction of sp³-hybridized carbons (Fsp3) is 0.167. The van der Waals surface area contributed by atoms with Crippen molar-refractivity contribution in [1.29, 1.82) is 0 Å². The Bertz CT molecular complexity index is 759. The zero-order valence-corrected chi connectivity index (χ0v) is 13.1. The minimum absolute atomic E-state index is 0.0589. The molecule has 0 aliphatic carbocycles. The van der Waals surface area contributed by atoms with Gasteiger partial charge in [-0.2, -0.15) is 0 Å². The van der Waals surface area contributed by atoms with Crippen molar-refractivity contribution in [3.8, 4) is 10.6 Å². The number of rotatable bonds is 5.